The summed E-state index contributed by atoms with van der Waals surface area (Å²) in [4.78, 5) is 25.4. The summed E-state index contributed by atoms with van der Waals surface area (Å²) < 4.78 is 8.30. The molecule has 2 aromatic carbocycles. The fourth-order valence-electron chi connectivity index (χ4n) is 3.22. The molecule has 0 spiro atoms. The van der Waals surface area contributed by atoms with Crippen molar-refractivity contribution in [3.05, 3.63) is 75.4 Å². The number of halogens is 1. The SMILES string of the molecule is COc1ccc(Cl)cc1C(=O)NCCn1nc(C2CC2)n(-c2ccccc2)c1=O. The van der Waals surface area contributed by atoms with E-state index >= 15 is 0 Å². The highest BCUT2D eigenvalue weighted by Gasteiger charge is 2.31. The van der Waals surface area contributed by atoms with Crippen molar-refractivity contribution in [3.63, 3.8) is 0 Å². The number of ether oxygens (including phenoxy) is 1. The van der Waals surface area contributed by atoms with E-state index in [0.717, 1.165) is 24.4 Å². The Bertz CT molecular complexity index is 1090. The Balaban J connectivity index is 1.50. The maximum Gasteiger partial charge on any atom is 0.350 e. The van der Waals surface area contributed by atoms with Gasteiger partial charge in [0.25, 0.3) is 5.91 Å². The summed E-state index contributed by atoms with van der Waals surface area (Å²) >= 11 is 5.99. The summed E-state index contributed by atoms with van der Waals surface area (Å²) in [6.07, 6.45) is 2.07. The Kier molecular flexibility index (Phi) is 5.40. The lowest BCUT2D eigenvalue weighted by Gasteiger charge is -2.09. The Morgan fingerprint density at radius 1 is 1.24 bits per heavy atom. The van der Waals surface area contributed by atoms with Crippen LogP contribution >= 0.6 is 11.6 Å². The molecule has 150 valence electrons. The third-order valence-corrected chi connectivity index (χ3v) is 5.07. The van der Waals surface area contributed by atoms with Crippen molar-refractivity contribution in [3.8, 4) is 11.4 Å². The Hall–Kier alpha value is -3.06. The van der Waals surface area contributed by atoms with E-state index in [1.165, 1.54) is 11.8 Å². The molecule has 3 aromatic rings. The number of hydrogen-bond acceptors (Lipinski definition) is 4. The van der Waals surface area contributed by atoms with Gasteiger partial charge in [0.15, 0.2) is 0 Å². The summed E-state index contributed by atoms with van der Waals surface area (Å²) in [5.41, 5.74) is 0.951. The minimum Gasteiger partial charge on any atom is -0.496 e. The van der Waals surface area contributed by atoms with E-state index in [1.54, 1.807) is 22.8 Å². The summed E-state index contributed by atoms with van der Waals surface area (Å²) in [7, 11) is 1.50. The van der Waals surface area contributed by atoms with Crippen molar-refractivity contribution in [2.24, 2.45) is 0 Å². The molecule has 7 nitrogen and oxygen atoms in total. The van der Waals surface area contributed by atoms with Gasteiger partial charge in [0.2, 0.25) is 0 Å². The second-order valence-corrected chi connectivity index (χ2v) is 7.35. The van der Waals surface area contributed by atoms with Crippen molar-refractivity contribution in [1.29, 1.82) is 0 Å². The topological polar surface area (TPSA) is 78.2 Å². The smallest absolute Gasteiger partial charge is 0.350 e. The summed E-state index contributed by atoms with van der Waals surface area (Å²) in [6, 6.07) is 14.4. The summed E-state index contributed by atoms with van der Waals surface area (Å²) in [5.74, 6) is 1.22. The molecular weight excluding hydrogens is 392 g/mol. The van der Waals surface area contributed by atoms with Crippen LogP contribution in [0.25, 0.3) is 5.69 Å². The molecule has 1 aromatic heterocycles. The van der Waals surface area contributed by atoms with Crippen LogP contribution in [-0.2, 0) is 6.54 Å². The zero-order chi connectivity index (χ0) is 20.4. The second-order valence-electron chi connectivity index (χ2n) is 6.91. The van der Waals surface area contributed by atoms with Gasteiger partial charge in [-0.1, -0.05) is 29.8 Å². The number of benzene rings is 2. The first-order valence-corrected chi connectivity index (χ1v) is 9.83. The number of carbonyl (C=O) groups excluding carboxylic acids is 1. The standard InChI is InChI=1S/C21H21ClN4O3/c1-29-18-10-9-15(22)13-17(18)20(27)23-11-12-25-21(28)26(16-5-3-2-4-6-16)19(24-25)14-7-8-14/h2-6,9-10,13-14H,7-8,11-12H2,1H3,(H,23,27). The van der Waals surface area contributed by atoms with E-state index < -0.39 is 0 Å². The molecule has 4 rings (SSSR count). The van der Waals surface area contributed by atoms with E-state index in [-0.39, 0.29) is 24.7 Å². The van der Waals surface area contributed by atoms with Crippen LogP contribution < -0.4 is 15.7 Å². The molecule has 0 unspecified atom stereocenters. The Morgan fingerprint density at radius 2 is 2.00 bits per heavy atom. The van der Waals surface area contributed by atoms with Crippen LogP contribution in [0.15, 0.2) is 53.3 Å². The molecule has 1 aliphatic carbocycles. The van der Waals surface area contributed by atoms with Crippen LogP contribution in [0.2, 0.25) is 5.02 Å². The third kappa shape index (κ3) is 4.05. The van der Waals surface area contributed by atoms with Gasteiger partial charge < -0.3 is 10.1 Å². The molecule has 1 saturated carbocycles. The maximum atomic E-state index is 12.9. The van der Waals surface area contributed by atoms with Crippen LogP contribution in [0.3, 0.4) is 0 Å². The van der Waals surface area contributed by atoms with Crippen molar-refractivity contribution >= 4 is 17.5 Å². The number of amides is 1. The van der Waals surface area contributed by atoms with Crippen molar-refractivity contribution in [2.45, 2.75) is 25.3 Å². The number of carbonyl (C=O) groups is 1. The highest BCUT2D eigenvalue weighted by atomic mass is 35.5. The molecule has 0 saturated heterocycles. The molecule has 1 amide bonds. The quantitative estimate of drug-likeness (QED) is 0.647. The van der Waals surface area contributed by atoms with Gasteiger partial charge in [-0.25, -0.2) is 14.0 Å². The summed E-state index contributed by atoms with van der Waals surface area (Å²) in [6.45, 7) is 0.525. The number of aromatic nitrogens is 3. The molecule has 0 bridgehead atoms. The van der Waals surface area contributed by atoms with Crippen LogP contribution in [0.4, 0.5) is 0 Å². The fourth-order valence-corrected chi connectivity index (χ4v) is 3.40. The fraction of sp³-hybridized carbons (Fsp3) is 0.286. The number of hydrogen-bond donors (Lipinski definition) is 1. The maximum absolute atomic E-state index is 12.9. The van der Waals surface area contributed by atoms with Gasteiger partial charge in [0.05, 0.1) is 24.9 Å². The molecule has 8 heteroatoms. The first kappa shape index (κ1) is 19.3. The van der Waals surface area contributed by atoms with Crippen LogP contribution in [0.5, 0.6) is 5.75 Å². The molecular formula is C21H21ClN4O3. The third-order valence-electron chi connectivity index (χ3n) is 4.84. The molecule has 0 aliphatic heterocycles. The van der Waals surface area contributed by atoms with Crippen LogP contribution in [0.1, 0.15) is 34.9 Å². The molecule has 29 heavy (non-hydrogen) atoms. The summed E-state index contributed by atoms with van der Waals surface area (Å²) in [5, 5.41) is 7.79. The van der Waals surface area contributed by atoms with E-state index in [9.17, 15) is 9.59 Å². The van der Waals surface area contributed by atoms with Gasteiger partial charge >= 0.3 is 5.69 Å². The molecule has 1 aliphatic rings. The largest absolute Gasteiger partial charge is 0.496 e. The minimum absolute atomic E-state index is 0.201. The predicted molar refractivity (Wildman–Crippen MR) is 110 cm³/mol. The highest BCUT2D eigenvalue weighted by Crippen LogP contribution is 2.39. The lowest BCUT2D eigenvalue weighted by atomic mass is 10.2. The van der Waals surface area contributed by atoms with Gasteiger partial charge in [0.1, 0.15) is 11.6 Å². The first-order chi connectivity index (χ1) is 14.1. The van der Waals surface area contributed by atoms with Gasteiger partial charge in [-0.15, -0.1) is 0 Å². The van der Waals surface area contributed by atoms with Crippen molar-refractivity contribution < 1.29 is 9.53 Å². The van der Waals surface area contributed by atoms with Crippen LogP contribution in [0, 0.1) is 0 Å². The average Bonchev–Trinajstić information content (AvgIpc) is 3.53. The highest BCUT2D eigenvalue weighted by molar-refractivity contribution is 6.31. The van der Waals surface area contributed by atoms with E-state index in [2.05, 4.69) is 10.4 Å². The molecule has 1 N–H and O–H groups in total. The monoisotopic (exact) mass is 412 g/mol. The zero-order valence-corrected chi connectivity index (χ0v) is 16.7. The second kappa shape index (κ2) is 8.13. The first-order valence-electron chi connectivity index (χ1n) is 9.45. The zero-order valence-electron chi connectivity index (χ0n) is 16.0. The van der Waals surface area contributed by atoms with Gasteiger partial charge in [0, 0.05) is 17.5 Å². The van der Waals surface area contributed by atoms with E-state index in [4.69, 9.17) is 16.3 Å². The molecule has 0 radical (unpaired) electrons. The van der Waals surface area contributed by atoms with Gasteiger partial charge in [-0.2, -0.15) is 5.10 Å². The number of nitrogens with one attached hydrogen (secondary N) is 1. The normalized spacial score (nSPS) is 13.3. The molecule has 1 heterocycles. The number of nitrogens with zero attached hydrogens (tertiary/aromatic N) is 3. The minimum atomic E-state index is -0.317. The van der Waals surface area contributed by atoms with Crippen LogP contribution in [-0.4, -0.2) is 33.9 Å². The van der Waals surface area contributed by atoms with Crippen molar-refractivity contribution in [1.82, 2.24) is 19.7 Å². The van der Waals surface area contributed by atoms with E-state index in [1.807, 2.05) is 30.3 Å². The molecule has 1 fully saturated rings. The van der Waals surface area contributed by atoms with E-state index in [0.29, 0.717) is 22.3 Å². The van der Waals surface area contributed by atoms with Gasteiger partial charge in [-0.3, -0.25) is 4.79 Å². The Morgan fingerprint density at radius 3 is 2.69 bits per heavy atom. The molecule has 0 atom stereocenters. The average molecular weight is 413 g/mol. The van der Waals surface area contributed by atoms with Crippen molar-refractivity contribution in [2.75, 3.05) is 13.7 Å². The number of para-hydroxylation sites is 1. The van der Waals surface area contributed by atoms with Gasteiger partial charge in [-0.05, 0) is 43.2 Å². The number of rotatable bonds is 7. The predicted octanol–water partition coefficient (Wildman–Crippen LogP) is 3.00. The lowest BCUT2D eigenvalue weighted by Crippen LogP contribution is -2.32. The lowest BCUT2D eigenvalue weighted by molar-refractivity contribution is 0.0948. The Labute approximate surface area is 172 Å². The number of methoxy groups -OCH3 is 1.